The molecule has 2 N–H and O–H groups in total. The van der Waals surface area contributed by atoms with E-state index in [2.05, 4.69) is 28.5 Å². The van der Waals surface area contributed by atoms with Crippen LogP contribution >= 0.6 is 0 Å². The van der Waals surface area contributed by atoms with Crippen LogP contribution in [0.2, 0.25) is 0 Å². The molecule has 2 aromatic carbocycles. The Kier molecular flexibility index (Phi) is 8.06. The molecular weight excluding hydrogens is 568 g/mol. The van der Waals surface area contributed by atoms with E-state index in [9.17, 15) is 10.1 Å². The van der Waals surface area contributed by atoms with Crippen LogP contribution in [-0.2, 0) is 22.3 Å². The minimum absolute atomic E-state index is 0.00679. The van der Waals surface area contributed by atoms with E-state index in [-0.39, 0.29) is 44.9 Å². The number of aryl methyl sites for hydroxylation is 1. The third kappa shape index (κ3) is 4.45. The number of carbonyl (C=O) groups is 1. The summed E-state index contributed by atoms with van der Waals surface area (Å²) in [7, 11) is 5.26. The predicted molar refractivity (Wildman–Crippen MR) is 158 cm³/mol. The van der Waals surface area contributed by atoms with Gasteiger partial charge in [0.2, 0.25) is 6.79 Å². The van der Waals surface area contributed by atoms with Gasteiger partial charge in [-0.3, -0.25) is 9.80 Å². The van der Waals surface area contributed by atoms with E-state index in [4.69, 9.17) is 38.9 Å². The minimum atomic E-state index is -0.852. The van der Waals surface area contributed by atoms with Crippen molar-refractivity contribution in [3.63, 3.8) is 0 Å². The number of nitriles is 1. The van der Waals surface area contributed by atoms with Crippen molar-refractivity contribution in [1.29, 1.82) is 5.26 Å². The fourth-order valence-electron chi connectivity index (χ4n) is 7.68. The zero-order chi connectivity index (χ0) is 31.3. The molecule has 2 bridgehead atoms. The molecule has 44 heavy (non-hydrogen) atoms. The molecule has 2 aromatic rings. The van der Waals surface area contributed by atoms with E-state index in [0.29, 0.717) is 47.2 Å². The van der Waals surface area contributed by atoms with Gasteiger partial charge in [0.25, 0.3) is 0 Å². The highest BCUT2D eigenvalue weighted by Crippen LogP contribution is 2.58. The minimum Gasteiger partial charge on any atom is -0.493 e. The number of piperazine rings is 1. The van der Waals surface area contributed by atoms with Gasteiger partial charge in [-0.1, -0.05) is 18.7 Å². The van der Waals surface area contributed by atoms with E-state index < -0.39 is 18.2 Å². The summed E-state index contributed by atoms with van der Waals surface area (Å²) in [5.74, 6) is 2.68. The third-order valence-electron chi connectivity index (χ3n) is 9.29. The molecule has 0 saturated carbocycles. The Bertz CT molecular complexity index is 1540. The van der Waals surface area contributed by atoms with E-state index in [1.165, 1.54) is 6.08 Å². The monoisotopic (exact) mass is 606 g/mol. The first-order valence-electron chi connectivity index (χ1n) is 14.6. The largest absolute Gasteiger partial charge is 0.514 e. The maximum Gasteiger partial charge on any atom is 0.514 e. The number of likely N-dealkylation sites (N-methyl/N-ethyl adjacent to an activating group) is 1. The molecule has 4 aliphatic rings. The fraction of sp³-hybridized carbons (Fsp3) is 0.500. The number of benzene rings is 2. The van der Waals surface area contributed by atoms with Crippen molar-refractivity contribution >= 4 is 6.16 Å². The van der Waals surface area contributed by atoms with Crippen molar-refractivity contribution in [2.75, 3.05) is 48.0 Å². The van der Waals surface area contributed by atoms with E-state index >= 15 is 0 Å². The molecule has 5 atom stereocenters. The Morgan fingerprint density at radius 2 is 1.93 bits per heavy atom. The zero-order valence-electron chi connectivity index (χ0n) is 25.7. The predicted octanol–water partition coefficient (Wildman–Crippen LogP) is 3.45. The van der Waals surface area contributed by atoms with Crippen molar-refractivity contribution < 1.29 is 38.0 Å². The zero-order valence-corrected chi connectivity index (χ0v) is 25.7. The number of hydrogen-bond donors (Lipinski definition) is 1. The maximum absolute atomic E-state index is 12.8. The van der Waals surface area contributed by atoms with Crippen LogP contribution in [0.3, 0.4) is 0 Å². The van der Waals surface area contributed by atoms with Crippen molar-refractivity contribution in [2.24, 2.45) is 5.73 Å². The average Bonchev–Trinajstić information content (AvgIpc) is 3.51. The van der Waals surface area contributed by atoms with Gasteiger partial charge >= 0.3 is 6.16 Å². The molecule has 0 aromatic heterocycles. The summed E-state index contributed by atoms with van der Waals surface area (Å²) in [6.45, 7) is 7.70. The summed E-state index contributed by atoms with van der Waals surface area (Å²) in [6, 6.07) is 3.25. The molecule has 0 radical (unpaired) electrons. The van der Waals surface area contributed by atoms with Crippen LogP contribution in [0.4, 0.5) is 4.79 Å². The summed E-state index contributed by atoms with van der Waals surface area (Å²) < 4.78 is 40.4. The summed E-state index contributed by atoms with van der Waals surface area (Å²) >= 11 is 0. The molecule has 12 heteroatoms. The van der Waals surface area contributed by atoms with Gasteiger partial charge in [-0.15, -0.1) is 0 Å². The molecule has 1 fully saturated rings. The molecule has 234 valence electrons. The highest BCUT2D eigenvalue weighted by atomic mass is 16.7. The van der Waals surface area contributed by atoms with Crippen molar-refractivity contribution in [1.82, 2.24) is 9.80 Å². The van der Waals surface area contributed by atoms with Crippen molar-refractivity contribution in [2.45, 2.75) is 56.9 Å². The fourth-order valence-corrected chi connectivity index (χ4v) is 7.68. The maximum atomic E-state index is 12.8. The quantitative estimate of drug-likeness (QED) is 0.204. The van der Waals surface area contributed by atoms with E-state index in [0.717, 1.165) is 27.8 Å². The SMILES string of the molecule is C=CCOC(=O)Oc1c(C)c2c(c3c1CC1[C@H]4c5c(cc(C)c(OC)c5OCOC)C[C@@H]([C@H](C#N)N1[C@H]3CN)N4C)OCO2. The third-order valence-corrected chi connectivity index (χ3v) is 9.29. The molecule has 6 rings (SSSR count). The smallest absolute Gasteiger partial charge is 0.493 e. The van der Waals surface area contributed by atoms with Gasteiger partial charge in [-0.25, -0.2) is 4.79 Å². The van der Waals surface area contributed by atoms with Gasteiger partial charge in [0.1, 0.15) is 18.4 Å². The highest BCUT2D eigenvalue weighted by molar-refractivity contribution is 5.72. The lowest BCUT2D eigenvalue weighted by molar-refractivity contribution is -0.0719. The number of ether oxygens (including phenoxy) is 7. The van der Waals surface area contributed by atoms with E-state index in [1.54, 1.807) is 14.2 Å². The molecule has 1 saturated heterocycles. The summed E-state index contributed by atoms with van der Waals surface area (Å²) in [5, 5.41) is 10.7. The van der Waals surface area contributed by atoms with E-state index in [1.807, 2.05) is 20.9 Å². The number of carbonyl (C=O) groups excluding carboxylic acids is 1. The first-order valence-corrected chi connectivity index (χ1v) is 14.6. The Morgan fingerprint density at radius 1 is 1.16 bits per heavy atom. The van der Waals surface area contributed by atoms with Crippen LogP contribution in [0.1, 0.15) is 45.5 Å². The molecule has 12 nitrogen and oxygen atoms in total. The number of nitrogens with two attached hydrogens (primary N) is 1. The number of hydrogen-bond acceptors (Lipinski definition) is 12. The summed E-state index contributed by atoms with van der Waals surface area (Å²) in [6.07, 6.45) is 1.68. The van der Waals surface area contributed by atoms with Crippen molar-refractivity contribution in [3.8, 4) is 34.8 Å². The lowest BCUT2D eigenvalue weighted by atomic mass is 9.71. The molecule has 0 spiro atoms. The molecule has 0 amide bonds. The second-order valence-electron chi connectivity index (χ2n) is 11.5. The van der Waals surface area contributed by atoms with Gasteiger partial charge in [-0.05, 0) is 44.9 Å². The Balaban J connectivity index is 1.57. The molecular formula is C32H38N4O8. The Labute approximate surface area is 256 Å². The van der Waals surface area contributed by atoms with Crippen LogP contribution in [0.5, 0.6) is 28.7 Å². The second kappa shape index (κ2) is 11.8. The molecule has 4 heterocycles. The topological polar surface area (TPSA) is 138 Å². The lowest BCUT2D eigenvalue weighted by Gasteiger charge is -2.60. The van der Waals surface area contributed by atoms with Gasteiger partial charge < -0.3 is 38.9 Å². The average molecular weight is 607 g/mol. The van der Waals surface area contributed by atoms with Crippen LogP contribution in [-0.4, -0.2) is 82.1 Å². The second-order valence-corrected chi connectivity index (χ2v) is 11.5. The number of fused-ring (bicyclic) bond motifs is 9. The summed E-state index contributed by atoms with van der Waals surface area (Å²) in [4.78, 5) is 17.3. The normalized spacial score (nSPS) is 24.8. The Hall–Kier alpha value is -4.02. The van der Waals surface area contributed by atoms with Crippen molar-refractivity contribution in [3.05, 3.63) is 52.1 Å². The van der Waals surface area contributed by atoms with Crippen LogP contribution in [0, 0.1) is 25.2 Å². The van der Waals surface area contributed by atoms with Crippen LogP contribution in [0.25, 0.3) is 0 Å². The first kappa shape index (κ1) is 30.0. The van der Waals surface area contributed by atoms with Gasteiger partial charge in [0.15, 0.2) is 29.8 Å². The van der Waals surface area contributed by atoms with Gasteiger partial charge in [0, 0.05) is 48.0 Å². The molecule has 1 unspecified atom stereocenters. The van der Waals surface area contributed by atoms with Crippen LogP contribution in [0.15, 0.2) is 18.7 Å². The standard InChI is InChI=1S/C32H38N4O8/c1-7-8-40-32(37)44-28-17(3)29-31(43-15-42-29)25-19(28)11-21-26-24-18(9-16(2)27(39-6)30(24)41-14-38-5)10-20(35(26)4)22(12-33)36(21)23(25)13-34/h7,9,20-23,26H,1,8,10-11,13-15,34H2,2-6H3/t20-,21?,22-,23-,26-/m0/s1. The Morgan fingerprint density at radius 3 is 2.61 bits per heavy atom. The molecule has 0 aliphatic carbocycles. The molecule has 4 aliphatic heterocycles. The first-order chi connectivity index (χ1) is 21.3. The van der Waals surface area contributed by atoms with Crippen LogP contribution < -0.4 is 29.4 Å². The summed E-state index contributed by atoms with van der Waals surface area (Å²) in [5.41, 5.74) is 11.8. The number of nitrogens with zero attached hydrogens (tertiary/aromatic N) is 3. The highest BCUT2D eigenvalue weighted by Gasteiger charge is 2.56. The number of rotatable bonds is 8. The van der Waals surface area contributed by atoms with Gasteiger partial charge in [0.05, 0.1) is 25.3 Å². The number of methoxy groups -OCH3 is 2. The lowest BCUT2D eigenvalue weighted by Crippen LogP contribution is -2.68. The van der Waals surface area contributed by atoms with Gasteiger partial charge in [-0.2, -0.15) is 5.26 Å².